The Kier molecular flexibility index (Phi) is 6.34. The fourth-order valence-corrected chi connectivity index (χ4v) is 4.83. The number of hydrogen-bond donors (Lipinski definition) is 1. The minimum absolute atomic E-state index is 0.0939. The van der Waals surface area contributed by atoms with Gasteiger partial charge < -0.3 is 15.0 Å². The molecule has 1 atom stereocenters. The zero-order valence-electron chi connectivity index (χ0n) is 17.6. The van der Waals surface area contributed by atoms with Gasteiger partial charge >= 0.3 is 0 Å². The average molecular weight is 441 g/mol. The number of nitrogens with zero attached hydrogens (tertiary/aromatic N) is 1. The van der Waals surface area contributed by atoms with Crippen LogP contribution in [0.4, 0.5) is 10.1 Å². The van der Waals surface area contributed by atoms with E-state index in [1.807, 2.05) is 32.0 Å². The molecule has 162 valence electrons. The van der Waals surface area contributed by atoms with Crippen molar-refractivity contribution in [2.24, 2.45) is 0 Å². The van der Waals surface area contributed by atoms with E-state index in [2.05, 4.69) is 5.32 Å². The van der Waals surface area contributed by atoms with Crippen molar-refractivity contribution in [2.45, 2.75) is 32.8 Å². The number of carbonyl (C=O) groups excluding carboxylic acids is 2. The molecule has 1 fully saturated rings. The van der Waals surface area contributed by atoms with Gasteiger partial charge in [0.2, 0.25) is 5.91 Å². The maximum Gasteiger partial charge on any atom is 0.264 e. The smallest absolute Gasteiger partial charge is 0.264 e. The quantitative estimate of drug-likeness (QED) is 0.592. The van der Waals surface area contributed by atoms with Gasteiger partial charge in [0.25, 0.3) is 5.91 Å². The Hall–Kier alpha value is -2.77. The van der Waals surface area contributed by atoms with Gasteiger partial charge in [0.15, 0.2) is 0 Å². The minimum atomic E-state index is -0.355. The van der Waals surface area contributed by atoms with Crippen LogP contribution in [0.2, 0.25) is 0 Å². The summed E-state index contributed by atoms with van der Waals surface area (Å²) in [5, 5.41) is 3.34. The van der Waals surface area contributed by atoms with E-state index < -0.39 is 0 Å². The number of aryl methyl sites for hydroxylation is 1. The van der Waals surface area contributed by atoms with Gasteiger partial charge in [0.1, 0.15) is 12.4 Å². The Morgan fingerprint density at radius 1 is 1.23 bits per heavy atom. The molecule has 0 spiro atoms. The van der Waals surface area contributed by atoms with Crippen molar-refractivity contribution in [3.05, 3.63) is 64.3 Å². The van der Waals surface area contributed by atoms with E-state index in [0.29, 0.717) is 28.1 Å². The Bertz CT molecular complexity index is 1120. The predicted octanol–water partition coefficient (Wildman–Crippen LogP) is 4.92. The standard InChI is InChI=1S/C24H25FN2O3S/c1-15-6-3-9-20(16(15)2)26-23(28)14-27(13-17-7-5-11-30-17)24(29)22-12-18-19(25)8-4-10-21(18)31-22/h3-4,6,8-10,12,17H,5,7,11,13-14H2,1-2H3,(H,26,28)/t17-/m0/s1. The number of carbonyl (C=O) groups is 2. The number of thiophene rings is 1. The Morgan fingerprint density at radius 2 is 2.03 bits per heavy atom. The lowest BCUT2D eigenvalue weighted by Crippen LogP contribution is -2.42. The highest BCUT2D eigenvalue weighted by atomic mass is 32.1. The normalized spacial score (nSPS) is 15.9. The Labute approximate surface area is 184 Å². The second kappa shape index (κ2) is 9.16. The van der Waals surface area contributed by atoms with Crippen LogP contribution in [-0.2, 0) is 9.53 Å². The first-order valence-corrected chi connectivity index (χ1v) is 11.2. The van der Waals surface area contributed by atoms with Crippen LogP contribution < -0.4 is 5.32 Å². The molecule has 4 rings (SSSR count). The highest BCUT2D eigenvalue weighted by Gasteiger charge is 2.26. The van der Waals surface area contributed by atoms with Crippen LogP contribution in [0.15, 0.2) is 42.5 Å². The van der Waals surface area contributed by atoms with E-state index in [1.54, 1.807) is 18.2 Å². The number of ether oxygens (including phenoxy) is 1. The van der Waals surface area contributed by atoms with Crippen molar-refractivity contribution in [1.82, 2.24) is 4.90 Å². The first kappa shape index (κ1) is 21.5. The monoisotopic (exact) mass is 440 g/mol. The number of amides is 2. The van der Waals surface area contributed by atoms with Gasteiger partial charge in [0.05, 0.1) is 11.0 Å². The fourth-order valence-electron chi connectivity index (χ4n) is 3.79. The summed E-state index contributed by atoms with van der Waals surface area (Å²) in [5.74, 6) is -0.911. The van der Waals surface area contributed by atoms with Crippen LogP contribution in [-0.4, -0.2) is 42.5 Å². The van der Waals surface area contributed by atoms with Crippen LogP contribution >= 0.6 is 11.3 Å². The van der Waals surface area contributed by atoms with Crippen molar-refractivity contribution < 1.29 is 18.7 Å². The Balaban J connectivity index is 1.55. The number of rotatable bonds is 6. The number of halogens is 1. The number of fused-ring (bicyclic) bond motifs is 1. The van der Waals surface area contributed by atoms with Crippen molar-refractivity contribution >= 4 is 38.9 Å². The summed E-state index contributed by atoms with van der Waals surface area (Å²) in [6.45, 7) is 4.83. The van der Waals surface area contributed by atoms with Gasteiger partial charge in [-0.25, -0.2) is 4.39 Å². The molecule has 7 heteroatoms. The summed E-state index contributed by atoms with van der Waals surface area (Å²) in [7, 11) is 0. The molecule has 1 aliphatic rings. The summed E-state index contributed by atoms with van der Waals surface area (Å²) < 4.78 is 20.5. The minimum Gasteiger partial charge on any atom is -0.376 e. The molecule has 0 bridgehead atoms. The zero-order chi connectivity index (χ0) is 22.0. The molecular weight excluding hydrogens is 415 g/mol. The first-order valence-electron chi connectivity index (χ1n) is 10.4. The van der Waals surface area contributed by atoms with E-state index in [1.165, 1.54) is 22.3 Å². The summed E-state index contributed by atoms with van der Waals surface area (Å²) in [6.07, 6.45) is 1.70. The van der Waals surface area contributed by atoms with E-state index in [-0.39, 0.29) is 30.3 Å². The van der Waals surface area contributed by atoms with Crippen molar-refractivity contribution in [3.8, 4) is 0 Å². The maximum atomic E-state index is 14.1. The molecule has 2 heterocycles. The van der Waals surface area contributed by atoms with Crippen LogP contribution in [0.5, 0.6) is 0 Å². The summed E-state index contributed by atoms with van der Waals surface area (Å²) in [5.41, 5.74) is 2.81. The third-order valence-electron chi connectivity index (χ3n) is 5.67. The van der Waals surface area contributed by atoms with Crippen LogP contribution in [0.25, 0.3) is 10.1 Å². The summed E-state index contributed by atoms with van der Waals surface area (Å²) in [4.78, 5) is 28.0. The molecule has 2 amide bonds. The molecule has 31 heavy (non-hydrogen) atoms. The van der Waals surface area contributed by atoms with Crippen LogP contribution in [0, 0.1) is 19.7 Å². The van der Waals surface area contributed by atoms with Gasteiger partial charge in [-0.1, -0.05) is 18.2 Å². The van der Waals surface area contributed by atoms with E-state index in [0.717, 1.165) is 29.7 Å². The van der Waals surface area contributed by atoms with Gasteiger partial charge in [-0.3, -0.25) is 9.59 Å². The molecule has 1 aliphatic heterocycles. The lowest BCUT2D eigenvalue weighted by molar-refractivity contribution is -0.117. The first-order chi connectivity index (χ1) is 14.9. The molecule has 0 unspecified atom stereocenters. The summed E-state index contributed by atoms with van der Waals surface area (Å²) in [6, 6.07) is 12.1. The van der Waals surface area contributed by atoms with E-state index in [4.69, 9.17) is 4.74 Å². The molecular formula is C24H25FN2O3S. The molecule has 0 saturated carbocycles. The second-order valence-corrected chi connectivity index (χ2v) is 8.96. The third kappa shape index (κ3) is 4.78. The number of anilines is 1. The van der Waals surface area contributed by atoms with Crippen molar-refractivity contribution in [2.75, 3.05) is 25.0 Å². The lowest BCUT2D eigenvalue weighted by Gasteiger charge is -2.24. The topological polar surface area (TPSA) is 58.6 Å². The highest BCUT2D eigenvalue weighted by Crippen LogP contribution is 2.29. The van der Waals surface area contributed by atoms with E-state index in [9.17, 15) is 14.0 Å². The molecule has 2 aromatic carbocycles. The number of hydrogen-bond acceptors (Lipinski definition) is 4. The lowest BCUT2D eigenvalue weighted by atomic mass is 10.1. The maximum absolute atomic E-state index is 14.1. The second-order valence-electron chi connectivity index (χ2n) is 7.88. The van der Waals surface area contributed by atoms with Gasteiger partial charge in [-0.2, -0.15) is 0 Å². The zero-order valence-corrected chi connectivity index (χ0v) is 18.4. The van der Waals surface area contributed by atoms with Crippen LogP contribution in [0.1, 0.15) is 33.6 Å². The molecule has 1 N–H and O–H groups in total. The van der Waals surface area contributed by atoms with Gasteiger partial charge in [-0.05, 0) is 62.1 Å². The fraction of sp³-hybridized carbons (Fsp3) is 0.333. The highest BCUT2D eigenvalue weighted by molar-refractivity contribution is 7.20. The Morgan fingerprint density at radius 3 is 2.77 bits per heavy atom. The SMILES string of the molecule is Cc1cccc(NC(=O)CN(C[C@@H]2CCCO2)C(=O)c2cc3c(F)cccc3s2)c1C. The van der Waals surface area contributed by atoms with Crippen LogP contribution in [0.3, 0.4) is 0 Å². The largest absolute Gasteiger partial charge is 0.376 e. The molecule has 0 aliphatic carbocycles. The number of benzene rings is 2. The molecule has 0 radical (unpaired) electrons. The molecule has 1 aromatic heterocycles. The van der Waals surface area contributed by atoms with Crippen molar-refractivity contribution in [3.63, 3.8) is 0 Å². The number of nitrogens with one attached hydrogen (secondary N) is 1. The average Bonchev–Trinajstić information content (AvgIpc) is 3.41. The summed E-state index contributed by atoms with van der Waals surface area (Å²) >= 11 is 1.24. The molecule has 5 nitrogen and oxygen atoms in total. The van der Waals surface area contributed by atoms with Gasteiger partial charge in [-0.15, -0.1) is 11.3 Å². The predicted molar refractivity (Wildman–Crippen MR) is 121 cm³/mol. The van der Waals surface area contributed by atoms with Gasteiger partial charge in [0, 0.05) is 28.9 Å². The molecule has 1 saturated heterocycles. The van der Waals surface area contributed by atoms with Crippen molar-refractivity contribution in [1.29, 1.82) is 0 Å². The molecule has 3 aromatic rings. The van der Waals surface area contributed by atoms with E-state index >= 15 is 0 Å². The third-order valence-corrected chi connectivity index (χ3v) is 6.76.